The predicted molar refractivity (Wildman–Crippen MR) is 111 cm³/mol. The van der Waals surface area contributed by atoms with E-state index in [1.54, 1.807) is 0 Å². The van der Waals surface area contributed by atoms with E-state index in [1.807, 2.05) is 0 Å². The first-order valence-electron chi connectivity index (χ1n) is 10.1. The topological polar surface area (TPSA) is 184 Å². The number of carbonyl (C=O) groups is 5. The van der Waals surface area contributed by atoms with Gasteiger partial charge in [-0.25, -0.2) is 0 Å². The van der Waals surface area contributed by atoms with E-state index in [0.717, 1.165) is 39.8 Å². The van der Waals surface area contributed by atoms with Gasteiger partial charge in [0.15, 0.2) is 18.0 Å². The second kappa shape index (κ2) is 11.9. The van der Waals surface area contributed by atoms with Crippen molar-refractivity contribution in [1.82, 2.24) is 0 Å². The van der Waals surface area contributed by atoms with Crippen molar-refractivity contribution in [3.8, 4) is 5.75 Å². The molecule has 0 spiro atoms. The van der Waals surface area contributed by atoms with Crippen molar-refractivity contribution < 1.29 is 57.3 Å². The lowest BCUT2D eigenvalue weighted by molar-refractivity contribution is -0.387. The minimum atomic E-state index is -1.66. The summed E-state index contributed by atoms with van der Waals surface area (Å²) in [6.45, 7) is 3.76. The third-order valence-corrected chi connectivity index (χ3v) is 4.51. The van der Waals surface area contributed by atoms with Gasteiger partial charge in [0, 0.05) is 39.3 Å². The molecule has 0 saturated carbocycles. The minimum Gasteiger partial charge on any atom is -0.463 e. The molecular weight excluding hydrogens is 474 g/mol. The van der Waals surface area contributed by atoms with Gasteiger partial charge in [0.1, 0.15) is 19.0 Å². The van der Waals surface area contributed by atoms with Crippen molar-refractivity contribution in [3.05, 3.63) is 33.9 Å². The van der Waals surface area contributed by atoms with Gasteiger partial charge in [0.2, 0.25) is 12.4 Å². The minimum absolute atomic E-state index is 0.00871. The normalized spacial score (nSPS) is 23.4. The molecule has 1 heterocycles. The lowest BCUT2D eigenvalue weighted by atomic mass is 9.98. The first kappa shape index (κ1) is 27.2. The fraction of sp³-hybridized carbons (Fsp3) is 0.476. The SMILES string of the molecule is CC(=O)OC[C@H]1O[C@@H](Oc2ccc(C=O)cc2[N+](=O)[O-])[C@H](OC(C)=O)[C@@H](OC(C)=O)[C@@H]1OC(C)=O. The van der Waals surface area contributed by atoms with Gasteiger partial charge in [-0.3, -0.25) is 34.1 Å². The number of hydrogen-bond donors (Lipinski definition) is 0. The monoisotopic (exact) mass is 497 g/mol. The summed E-state index contributed by atoms with van der Waals surface area (Å²) < 4.78 is 32.0. The summed E-state index contributed by atoms with van der Waals surface area (Å²) in [6.07, 6.45) is -7.04. The number of nitrogens with zero attached hydrogens (tertiary/aromatic N) is 1. The summed E-state index contributed by atoms with van der Waals surface area (Å²) in [5, 5.41) is 11.5. The van der Waals surface area contributed by atoms with Crippen LogP contribution in [0.2, 0.25) is 0 Å². The van der Waals surface area contributed by atoms with Crippen LogP contribution in [0.3, 0.4) is 0 Å². The van der Waals surface area contributed by atoms with Gasteiger partial charge >= 0.3 is 29.6 Å². The number of nitro groups is 1. The van der Waals surface area contributed by atoms with Gasteiger partial charge < -0.3 is 28.4 Å². The molecule has 14 heteroatoms. The summed E-state index contributed by atoms with van der Waals surface area (Å²) in [7, 11) is 0. The van der Waals surface area contributed by atoms with Crippen LogP contribution in [0.15, 0.2) is 18.2 Å². The number of nitro benzene ring substituents is 1. The lowest BCUT2D eigenvalue weighted by Crippen LogP contribution is -2.63. The predicted octanol–water partition coefficient (Wildman–Crippen LogP) is 0.869. The Morgan fingerprint density at radius 3 is 2.03 bits per heavy atom. The van der Waals surface area contributed by atoms with Gasteiger partial charge in [-0.1, -0.05) is 0 Å². The van der Waals surface area contributed by atoms with E-state index in [0.29, 0.717) is 6.29 Å². The molecule has 0 N–H and O–H groups in total. The highest BCUT2D eigenvalue weighted by Gasteiger charge is 2.53. The molecule has 0 aliphatic carbocycles. The number of ether oxygens (including phenoxy) is 6. The van der Waals surface area contributed by atoms with Crippen molar-refractivity contribution in [3.63, 3.8) is 0 Å². The number of benzene rings is 1. The molecule has 1 aliphatic rings. The largest absolute Gasteiger partial charge is 0.463 e. The average Bonchev–Trinajstić information content (AvgIpc) is 2.75. The van der Waals surface area contributed by atoms with Crippen LogP contribution in [-0.4, -0.2) is 72.4 Å². The third-order valence-electron chi connectivity index (χ3n) is 4.51. The van der Waals surface area contributed by atoms with E-state index in [9.17, 15) is 34.1 Å². The molecule has 1 aromatic carbocycles. The lowest BCUT2D eigenvalue weighted by Gasteiger charge is -2.43. The van der Waals surface area contributed by atoms with Gasteiger partial charge in [-0.2, -0.15) is 0 Å². The Labute approximate surface area is 198 Å². The number of hydrogen-bond acceptors (Lipinski definition) is 13. The van der Waals surface area contributed by atoms with Crippen LogP contribution >= 0.6 is 0 Å². The fourth-order valence-corrected chi connectivity index (χ4v) is 3.26. The molecule has 0 aromatic heterocycles. The van der Waals surface area contributed by atoms with Gasteiger partial charge in [0.25, 0.3) is 0 Å². The molecule has 14 nitrogen and oxygen atoms in total. The van der Waals surface area contributed by atoms with Crippen molar-refractivity contribution in [2.24, 2.45) is 0 Å². The van der Waals surface area contributed by atoms with Gasteiger partial charge in [-0.15, -0.1) is 0 Å². The van der Waals surface area contributed by atoms with E-state index in [1.165, 1.54) is 6.07 Å². The zero-order valence-electron chi connectivity index (χ0n) is 19.2. The van der Waals surface area contributed by atoms with Gasteiger partial charge in [-0.05, 0) is 12.1 Å². The standard InChI is InChI=1S/C21H23NO13/c1-10(24)30-9-17-18(31-11(2)25)19(32-12(3)26)20(33-13(4)27)21(35-17)34-16-6-5-14(8-23)7-15(16)22(28)29/h5-8,17-21H,9H2,1-4H3/t17-,18-,19+,20-,21-/m1/s1. The van der Waals surface area contributed by atoms with Crippen LogP contribution < -0.4 is 4.74 Å². The summed E-state index contributed by atoms with van der Waals surface area (Å²) in [6, 6.07) is 3.31. The van der Waals surface area contributed by atoms with Crippen LogP contribution in [0, 0.1) is 10.1 Å². The van der Waals surface area contributed by atoms with E-state index in [-0.39, 0.29) is 11.3 Å². The zero-order valence-corrected chi connectivity index (χ0v) is 19.2. The Hall–Kier alpha value is -4.07. The molecule has 2 rings (SSSR count). The summed E-state index contributed by atoms with van der Waals surface area (Å²) in [4.78, 5) is 68.5. The van der Waals surface area contributed by atoms with E-state index >= 15 is 0 Å². The first-order valence-corrected chi connectivity index (χ1v) is 10.1. The maximum absolute atomic E-state index is 11.8. The molecule has 1 fully saturated rings. The highest BCUT2D eigenvalue weighted by molar-refractivity contribution is 5.77. The van der Waals surface area contributed by atoms with Crippen molar-refractivity contribution >= 4 is 35.9 Å². The smallest absolute Gasteiger partial charge is 0.311 e. The molecule has 35 heavy (non-hydrogen) atoms. The summed E-state index contributed by atoms with van der Waals surface area (Å²) in [5.74, 6) is -3.61. The number of carbonyl (C=O) groups excluding carboxylic acids is 5. The van der Waals surface area contributed by atoms with Crippen LogP contribution in [-0.2, 0) is 42.9 Å². The van der Waals surface area contributed by atoms with E-state index in [2.05, 4.69) is 0 Å². The second-order valence-corrected chi connectivity index (χ2v) is 7.29. The molecule has 1 saturated heterocycles. The molecule has 0 unspecified atom stereocenters. The highest BCUT2D eigenvalue weighted by atomic mass is 16.7. The van der Waals surface area contributed by atoms with E-state index < -0.39 is 71.8 Å². The summed E-state index contributed by atoms with van der Waals surface area (Å²) >= 11 is 0. The fourth-order valence-electron chi connectivity index (χ4n) is 3.26. The van der Waals surface area contributed by atoms with Crippen LogP contribution in [0.1, 0.15) is 38.1 Å². The van der Waals surface area contributed by atoms with Crippen LogP contribution in [0.4, 0.5) is 5.69 Å². The third kappa shape index (κ3) is 7.46. The number of aldehydes is 1. The molecular formula is C21H23NO13. The van der Waals surface area contributed by atoms with Crippen molar-refractivity contribution in [2.45, 2.75) is 58.4 Å². The zero-order chi connectivity index (χ0) is 26.3. The summed E-state index contributed by atoms with van der Waals surface area (Å²) in [5.41, 5.74) is -0.618. The molecule has 190 valence electrons. The molecule has 0 amide bonds. The molecule has 1 aliphatic heterocycles. The maximum Gasteiger partial charge on any atom is 0.311 e. The first-order chi connectivity index (χ1) is 16.4. The Kier molecular flexibility index (Phi) is 9.22. The molecule has 1 aromatic rings. The number of rotatable bonds is 9. The molecule has 0 radical (unpaired) electrons. The highest BCUT2D eigenvalue weighted by Crippen LogP contribution is 2.34. The van der Waals surface area contributed by atoms with Crippen LogP contribution in [0.25, 0.3) is 0 Å². The Balaban J connectivity index is 2.55. The van der Waals surface area contributed by atoms with E-state index in [4.69, 9.17) is 28.4 Å². The Bertz CT molecular complexity index is 1010. The Morgan fingerprint density at radius 1 is 0.943 bits per heavy atom. The van der Waals surface area contributed by atoms with Crippen molar-refractivity contribution in [1.29, 1.82) is 0 Å². The molecule has 0 bridgehead atoms. The number of esters is 4. The van der Waals surface area contributed by atoms with Crippen molar-refractivity contribution in [2.75, 3.05) is 6.61 Å². The Morgan fingerprint density at radius 2 is 1.51 bits per heavy atom. The second-order valence-electron chi connectivity index (χ2n) is 7.29. The van der Waals surface area contributed by atoms with Gasteiger partial charge in [0.05, 0.1) is 4.92 Å². The van der Waals surface area contributed by atoms with Crippen LogP contribution in [0.5, 0.6) is 5.75 Å². The average molecular weight is 497 g/mol. The maximum atomic E-state index is 11.8. The molecule has 5 atom stereocenters. The quantitative estimate of drug-likeness (QED) is 0.154.